The molecule has 2 rings (SSSR count). The van der Waals surface area contributed by atoms with Crippen LogP contribution in [0.5, 0.6) is 0 Å². The summed E-state index contributed by atoms with van der Waals surface area (Å²) < 4.78 is 22.4. The van der Waals surface area contributed by atoms with Crippen LogP contribution in [0.3, 0.4) is 0 Å². The van der Waals surface area contributed by atoms with Crippen LogP contribution in [0, 0.1) is 5.92 Å². The van der Waals surface area contributed by atoms with Crippen LogP contribution >= 0.6 is 0 Å². The Balaban J connectivity index is 0.000000606. The molecule has 2 atom stereocenters. The topological polar surface area (TPSA) is 34.1 Å². The molecule has 1 aromatic carbocycles. The van der Waals surface area contributed by atoms with Crippen molar-refractivity contribution >= 4 is 9.84 Å². The van der Waals surface area contributed by atoms with Crippen LogP contribution in [0.2, 0.25) is 0 Å². The molecular weight excluding hydrogens is 220 g/mol. The molecule has 0 bridgehead atoms. The SMILES string of the molecule is CC.C[C@@H]1CC1c1ccc(S(C)(=O)=O)cc1. The van der Waals surface area contributed by atoms with Crippen molar-refractivity contribution < 1.29 is 8.42 Å². The molecule has 1 aromatic rings. The maximum atomic E-state index is 11.2. The van der Waals surface area contributed by atoms with Crippen LogP contribution in [0.1, 0.15) is 38.7 Å². The molecule has 0 N–H and O–H groups in total. The van der Waals surface area contributed by atoms with Gasteiger partial charge >= 0.3 is 0 Å². The van der Waals surface area contributed by atoms with Crippen LogP contribution in [-0.2, 0) is 9.84 Å². The van der Waals surface area contributed by atoms with Crippen LogP contribution < -0.4 is 0 Å². The third-order valence-electron chi connectivity index (χ3n) is 2.85. The highest BCUT2D eigenvalue weighted by Gasteiger charge is 2.33. The van der Waals surface area contributed by atoms with Gasteiger partial charge in [0.1, 0.15) is 0 Å². The van der Waals surface area contributed by atoms with Crippen LogP contribution in [-0.4, -0.2) is 14.7 Å². The lowest BCUT2D eigenvalue weighted by molar-refractivity contribution is 0.602. The molecule has 0 heterocycles. The van der Waals surface area contributed by atoms with Gasteiger partial charge in [0.25, 0.3) is 0 Å². The molecule has 0 aromatic heterocycles. The third-order valence-corrected chi connectivity index (χ3v) is 3.97. The fourth-order valence-electron chi connectivity index (χ4n) is 1.75. The average Bonchev–Trinajstić information content (AvgIpc) is 2.98. The van der Waals surface area contributed by atoms with E-state index < -0.39 is 9.84 Å². The van der Waals surface area contributed by atoms with E-state index in [0.717, 1.165) is 5.92 Å². The summed E-state index contributed by atoms with van der Waals surface area (Å²) in [5, 5.41) is 0. The van der Waals surface area contributed by atoms with Crippen LogP contribution in [0.4, 0.5) is 0 Å². The Kier molecular flexibility index (Phi) is 4.14. The van der Waals surface area contributed by atoms with Crippen molar-refractivity contribution in [1.82, 2.24) is 0 Å². The van der Waals surface area contributed by atoms with Gasteiger partial charge in [-0.25, -0.2) is 8.42 Å². The van der Waals surface area contributed by atoms with Crippen LogP contribution in [0.25, 0.3) is 0 Å². The van der Waals surface area contributed by atoms with Gasteiger partial charge < -0.3 is 0 Å². The summed E-state index contributed by atoms with van der Waals surface area (Å²) in [7, 11) is -3.04. The van der Waals surface area contributed by atoms with Crippen molar-refractivity contribution in [1.29, 1.82) is 0 Å². The molecule has 0 aliphatic heterocycles. The van der Waals surface area contributed by atoms with Gasteiger partial charge in [-0.3, -0.25) is 0 Å². The normalized spacial score (nSPS) is 23.2. The van der Waals surface area contributed by atoms with Gasteiger partial charge in [-0.1, -0.05) is 32.9 Å². The maximum Gasteiger partial charge on any atom is 0.175 e. The summed E-state index contributed by atoms with van der Waals surface area (Å²) in [5.74, 6) is 1.42. The second-order valence-corrected chi connectivity index (χ2v) is 6.18. The summed E-state index contributed by atoms with van der Waals surface area (Å²) in [6, 6.07) is 7.28. The second kappa shape index (κ2) is 5.00. The summed E-state index contributed by atoms with van der Waals surface area (Å²) in [6.45, 7) is 6.22. The predicted octanol–water partition coefficient (Wildman–Crippen LogP) is 3.24. The van der Waals surface area contributed by atoms with Gasteiger partial charge in [0.2, 0.25) is 0 Å². The highest BCUT2D eigenvalue weighted by Crippen LogP contribution is 2.46. The van der Waals surface area contributed by atoms with Crippen molar-refractivity contribution in [2.45, 2.75) is 38.0 Å². The second-order valence-electron chi connectivity index (χ2n) is 4.16. The minimum Gasteiger partial charge on any atom is -0.224 e. The molecule has 1 fully saturated rings. The van der Waals surface area contributed by atoms with E-state index in [0.29, 0.717) is 10.8 Å². The largest absolute Gasteiger partial charge is 0.224 e. The molecule has 1 unspecified atom stereocenters. The van der Waals surface area contributed by atoms with E-state index in [1.54, 1.807) is 12.1 Å². The van der Waals surface area contributed by atoms with Crippen molar-refractivity contribution in [2.75, 3.05) is 6.26 Å². The lowest BCUT2D eigenvalue weighted by atomic mass is 10.1. The predicted molar refractivity (Wildman–Crippen MR) is 67.4 cm³/mol. The molecule has 0 saturated heterocycles. The zero-order valence-electron chi connectivity index (χ0n) is 10.4. The molecule has 0 spiro atoms. The first-order chi connectivity index (χ1) is 7.48. The van der Waals surface area contributed by atoms with Crippen molar-refractivity contribution in [3.05, 3.63) is 29.8 Å². The number of hydrogen-bond donors (Lipinski definition) is 0. The van der Waals surface area contributed by atoms with Gasteiger partial charge in [-0.2, -0.15) is 0 Å². The fraction of sp³-hybridized carbons (Fsp3) is 0.538. The fourth-order valence-corrected chi connectivity index (χ4v) is 2.38. The monoisotopic (exact) mass is 240 g/mol. The zero-order valence-corrected chi connectivity index (χ0v) is 11.2. The van der Waals surface area contributed by atoms with E-state index in [-0.39, 0.29) is 0 Å². The highest BCUT2D eigenvalue weighted by molar-refractivity contribution is 7.90. The Bertz CT molecular complexity index is 432. The first kappa shape index (κ1) is 13.2. The van der Waals surface area contributed by atoms with E-state index >= 15 is 0 Å². The number of benzene rings is 1. The Hall–Kier alpha value is -0.830. The molecule has 1 saturated carbocycles. The Morgan fingerprint density at radius 3 is 1.88 bits per heavy atom. The number of hydrogen-bond acceptors (Lipinski definition) is 2. The average molecular weight is 240 g/mol. The quantitative estimate of drug-likeness (QED) is 0.795. The van der Waals surface area contributed by atoms with E-state index in [9.17, 15) is 8.42 Å². The Morgan fingerprint density at radius 1 is 1.12 bits per heavy atom. The van der Waals surface area contributed by atoms with Gasteiger partial charge in [0, 0.05) is 6.26 Å². The molecule has 90 valence electrons. The first-order valence-corrected chi connectivity index (χ1v) is 7.67. The van der Waals surface area contributed by atoms with Crippen molar-refractivity contribution in [3.8, 4) is 0 Å². The number of rotatable bonds is 2. The summed E-state index contributed by atoms with van der Waals surface area (Å²) >= 11 is 0. The summed E-state index contributed by atoms with van der Waals surface area (Å²) in [4.78, 5) is 0.412. The summed E-state index contributed by atoms with van der Waals surface area (Å²) in [6.07, 6.45) is 2.47. The van der Waals surface area contributed by atoms with Gasteiger partial charge in [-0.05, 0) is 36.0 Å². The maximum absolute atomic E-state index is 11.2. The lowest BCUT2D eigenvalue weighted by Crippen LogP contribution is -1.96. The molecule has 0 amide bonds. The van der Waals surface area contributed by atoms with E-state index in [1.165, 1.54) is 18.2 Å². The van der Waals surface area contributed by atoms with E-state index in [2.05, 4.69) is 6.92 Å². The number of sulfone groups is 1. The molecule has 3 heteroatoms. The van der Waals surface area contributed by atoms with Gasteiger partial charge in [0.05, 0.1) is 4.90 Å². The molecule has 16 heavy (non-hydrogen) atoms. The Labute approximate surface area is 98.6 Å². The highest BCUT2D eigenvalue weighted by atomic mass is 32.2. The van der Waals surface area contributed by atoms with E-state index in [4.69, 9.17) is 0 Å². The first-order valence-electron chi connectivity index (χ1n) is 5.78. The van der Waals surface area contributed by atoms with Crippen molar-refractivity contribution in [3.63, 3.8) is 0 Å². The molecule has 1 aliphatic carbocycles. The minimum absolute atomic E-state index is 0.412. The van der Waals surface area contributed by atoms with Crippen LogP contribution in [0.15, 0.2) is 29.2 Å². The smallest absolute Gasteiger partial charge is 0.175 e. The minimum atomic E-state index is -3.04. The summed E-state index contributed by atoms with van der Waals surface area (Å²) in [5.41, 5.74) is 1.27. The molecular formula is C13H20O2S. The van der Waals surface area contributed by atoms with Crippen molar-refractivity contribution in [2.24, 2.45) is 5.92 Å². The van der Waals surface area contributed by atoms with Gasteiger partial charge in [-0.15, -0.1) is 0 Å². The molecule has 0 radical (unpaired) electrons. The zero-order chi connectivity index (χ0) is 12.3. The third kappa shape index (κ3) is 3.08. The standard InChI is InChI=1S/C11H14O2S.C2H6/c1-8-7-11(8)9-3-5-10(6-4-9)14(2,12)13;1-2/h3-6,8,11H,7H2,1-2H3;1-2H3/t8-,11?;/m1./s1. The Morgan fingerprint density at radius 2 is 1.56 bits per heavy atom. The van der Waals surface area contributed by atoms with E-state index in [1.807, 2.05) is 26.0 Å². The lowest BCUT2D eigenvalue weighted by Gasteiger charge is -2.01. The molecule has 1 aliphatic rings. The molecule has 2 nitrogen and oxygen atoms in total. The van der Waals surface area contributed by atoms with Gasteiger partial charge in [0.15, 0.2) is 9.84 Å².